The Morgan fingerprint density at radius 2 is 1.67 bits per heavy atom. The predicted octanol–water partition coefficient (Wildman–Crippen LogP) is 3.89. The lowest BCUT2D eigenvalue weighted by Crippen LogP contribution is -2.36. The molecule has 1 N–H and O–H groups in total. The number of rotatable bonds is 8. The molecule has 0 aromatic heterocycles. The van der Waals surface area contributed by atoms with Crippen molar-refractivity contribution < 1.29 is 17.9 Å². The molecule has 1 atom stereocenters. The highest BCUT2D eigenvalue weighted by atomic mass is 79.9. The third kappa shape index (κ3) is 6.66. The Balaban J connectivity index is 2.04. The quantitative estimate of drug-likeness (QED) is 0.657. The van der Waals surface area contributed by atoms with Gasteiger partial charge in [0.25, 0.3) is 0 Å². The van der Waals surface area contributed by atoms with E-state index in [0.29, 0.717) is 5.56 Å². The molecule has 2 aromatic rings. The molecule has 0 saturated heterocycles. The zero-order valence-corrected chi connectivity index (χ0v) is 18.0. The Morgan fingerprint density at radius 3 is 2.19 bits per heavy atom. The van der Waals surface area contributed by atoms with E-state index in [4.69, 9.17) is 4.74 Å². The molecule has 0 fully saturated rings. The van der Waals surface area contributed by atoms with Crippen LogP contribution in [0.4, 0.5) is 0 Å². The van der Waals surface area contributed by atoms with Gasteiger partial charge in [-0.05, 0) is 41.3 Å². The number of hydrogen-bond acceptors (Lipinski definition) is 4. The van der Waals surface area contributed by atoms with Gasteiger partial charge in [0.05, 0.1) is 18.9 Å². The molecule has 0 saturated carbocycles. The number of hydrogen-bond donors (Lipinski definition) is 1. The third-order valence-corrected chi connectivity index (χ3v) is 6.11. The van der Waals surface area contributed by atoms with Gasteiger partial charge < -0.3 is 10.1 Å². The summed E-state index contributed by atoms with van der Waals surface area (Å²) in [4.78, 5) is 12.4. The van der Waals surface area contributed by atoms with Crippen molar-refractivity contribution in [1.29, 1.82) is 0 Å². The summed E-state index contributed by atoms with van der Waals surface area (Å²) in [5.74, 6) is -0.367. The minimum atomic E-state index is -3.56. The maximum atomic E-state index is 12.4. The molecular weight excluding hydrogens is 430 g/mol. The molecule has 0 bridgehead atoms. The molecule has 0 aliphatic rings. The van der Waals surface area contributed by atoms with Gasteiger partial charge in [-0.25, -0.2) is 8.42 Å². The van der Waals surface area contributed by atoms with E-state index in [-0.39, 0.29) is 17.7 Å². The first-order valence-electron chi connectivity index (χ1n) is 8.58. The van der Waals surface area contributed by atoms with Crippen LogP contribution < -0.4 is 10.1 Å². The molecule has 0 aliphatic heterocycles. The van der Waals surface area contributed by atoms with E-state index in [1.54, 1.807) is 31.4 Å². The van der Waals surface area contributed by atoms with Crippen LogP contribution in [0.1, 0.15) is 31.0 Å². The van der Waals surface area contributed by atoms with Crippen molar-refractivity contribution in [2.45, 2.75) is 25.6 Å². The number of carbonyl (C=O) groups is 1. The number of methoxy groups -OCH3 is 1. The third-order valence-electron chi connectivity index (χ3n) is 4.11. The molecule has 0 heterocycles. The zero-order chi connectivity index (χ0) is 20.0. The van der Waals surface area contributed by atoms with Crippen LogP contribution >= 0.6 is 15.9 Å². The van der Waals surface area contributed by atoms with Crippen molar-refractivity contribution >= 4 is 31.7 Å². The van der Waals surface area contributed by atoms with Crippen LogP contribution in [-0.4, -0.2) is 27.2 Å². The van der Waals surface area contributed by atoms with E-state index < -0.39 is 21.5 Å². The monoisotopic (exact) mass is 453 g/mol. The first-order valence-corrected chi connectivity index (χ1v) is 11.2. The summed E-state index contributed by atoms with van der Waals surface area (Å²) in [7, 11) is -1.97. The SMILES string of the molecule is COc1ccc(C(NC(=O)CS(=O)(=O)Cc2ccc(Br)cc2)C(C)C)cc1. The maximum Gasteiger partial charge on any atom is 0.235 e. The summed E-state index contributed by atoms with van der Waals surface area (Å²) in [6.45, 7) is 3.96. The molecular formula is C20H24BrNO4S. The van der Waals surface area contributed by atoms with Gasteiger partial charge in [0.2, 0.25) is 5.91 Å². The number of carbonyl (C=O) groups excluding carboxylic acids is 1. The molecule has 2 rings (SSSR count). The standard InChI is InChI=1S/C20H24BrNO4S/c1-14(2)20(16-6-10-18(26-3)11-7-16)22-19(23)13-27(24,25)12-15-4-8-17(21)9-5-15/h4-11,14,20H,12-13H2,1-3H3,(H,22,23). The molecule has 2 aromatic carbocycles. The molecule has 146 valence electrons. The average Bonchev–Trinajstić information content (AvgIpc) is 2.61. The summed E-state index contributed by atoms with van der Waals surface area (Å²) >= 11 is 3.32. The van der Waals surface area contributed by atoms with Crippen LogP contribution in [0.15, 0.2) is 53.0 Å². The fourth-order valence-electron chi connectivity index (χ4n) is 2.75. The molecule has 27 heavy (non-hydrogen) atoms. The normalized spacial score (nSPS) is 12.6. The maximum absolute atomic E-state index is 12.4. The highest BCUT2D eigenvalue weighted by Crippen LogP contribution is 2.24. The zero-order valence-electron chi connectivity index (χ0n) is 15.6. The first-order chi connectivity index (χ1) is 12.7. The molecule has 0 radical (unpaired) electrons. The number of halogens is 1. The van der Waals surface area contributed by atoms with Gasteiger partial charge in [-0.1, -0.05) is 54.0 Å². The van der Waals surface area contributed by atoms with Gasteiger partial charge in [-0.15, -0.1) is 0 Å². The van der Waals surface area contributed by atoms with Crippen LogP contribution in [0.5, 0.6) is 5.75 Å². The van der Waals surface area contributed by atoms with E-state index in [9.17, 15) is 13.2 Å². The van der Waals surface area contributed by atoms with Crippen molar-refractivity contribution in [2.24, 2.45) is 5.92 Å². The van der Waals surface area contributed by atoms with Crippen LogP contribution in [0, 0.1) is 5.92 Å². The Bertz CT molecular complexity index is 862. The fraction of sp³-hybridized carbons (Fsp3) is 0.350. The van der Waals surface area contributed by atoms with Gasteiger partial charge >= 0.3 is 0 Å². The second kappa shape index (κ2) is 9.37. The number of benzene rings is 2. The van der Waals surface area contributed by atoms with Crippen LogP contribution in [0.3, 0.4) is 0 Å². The van der Waals surface area contributed by atoms with Crippen molar-refractivity contribution in [3.63, 3.8) is 0 Å². The van der Waals surface area contributed by atoms with Gasteiger partial charge in [0.15, 0.2) is 9.84 Å². The molecule has 5 nitrogen and oxygen atoms in total. The first kappa shape index (κ1) is 21.4. The Labute approximate surface area is 169 Å². The molecule has 0 aliphatic carbocycles. The van der Waals surface area contributed by atoms with Gasteiger partial charge in [0, 0.05) is 4.47 Å². The number of sulfone groups is 1. The van der Waals surface area contributed by atoms with Gasteiger partial charge in [0.1, 0.15) is 11.5 Å². The average molecular weight is 454 g/mol. The second-order valence-electron chi connectivity index (χ2n) is 6.72. The van der Waals surface area contributed by atoms with E-state index >= 15 is 0 Å². The lowest BCUT2D eigenvalue weighted by molar-refractivity contribution is -0.119. The van der Waals surface area contributed by atoms with Gasteiger partial charge in [-0.3, -0.25) is 4.79 Å². The summed E-state index contributed by atoms with van der Waals surface area (Å²) in [6, 6.07) is 14.1. The van der Waals surface area contributed by atoms with Crippen molar-refractivity contribution in [3.05, 3.63) is 64.1 Å². The summed E-state index contributed by atoms with van der Waals surface area (Å²) in [5, 5.41) is 2.85. The predicted molar refractivity (Wildman–Crippen MR) is 110 cm³/mol. The van der Waals surface area contributed by atoms with Crippen LogP contribution in [0.2, 0.25) is 0 Å². The molecule has 1 amide bonds. The minimum Gasteiger partial charge on any atom is -0.497 e. The van der Waals surface area contributed by atoms with Crippen molar-refractivity contribution in [1.82, 2.24) is 5.32 Å². The van der Waals surface area contributed by atoms with E-state index in [0.717, 1.165) is 15.8 Å². The minimum absolute atomic E-state index is 0.108. The largest absolute Gasteiger partial charge is 0.497 e. The second-order valence-corrected chi connectivity index (χ2v) is 9.70. The number of ether oxygens (including phenoxy) is 1. The van der Waals surface area contributed by atoms with Crippen molar-refractivity contribution in [3.8, 4) is 5.75 Å². The van der Waals surface area contributed by atoms with Crippen LogP contribution in [0.25, 0.3) is 0 Å². The summed E-state index contributed by atoms with van der Waals surface area (Å²) in [5.41, 5.74) is 1.56. The van der Waals surface area contributed by atoms with Crippen LogP contribution in [-0.2, 0) is 20.4 Å². The van der Waals surface area contributed by atoms with Crippen molar-refractivity contribution in [2.75, 3.05) is 12.9 Å². The lowest BCUT2D eigenvalue weighted by atomic mass is 9.96. The topological polar surface area (TPSA) is 72.5 Å². The lowest BCUT2D eigenvalue weighted by Gasteiger charge is -2.23. The van der Waals surface area contributed by atoms with E-state index in [1.165, 1.54) is 0 Å². The number of amides is 1. The Morgan fingerprint density at radius 1 is 1.07 bits per heavy atom. The number of nitrogens with one attached hydrogen (secondary N) is 1. The molecule has 7 heteroatoms. The highest BCUT2D eigenvalue weighted by molar-refractivity contribution is 9.10. The van der Waals surface area contributed by atoms with E-state index in [1.807, 2.05) is 38.1 Å². The van der Waals surface area contributed by atoms with E-state index in [2.05, 4.69) is 21.2 Å². The summed E-state index contributed by atoms with van der Waals surface area (Å²) < 4.78 is 30.8. The Hall–Kier alpha value is -1.86. The smallest absolute Gasteiger partial charge is 0.235 e. The van der Waals surface area contributed by atoms with Gasteiger partial charge in [-0.2, -0.15) is 0 Å². The molecule has 0 spiro atoms. The molecule has 1 unspecified atom stereocenters. The highest BCUT2D eigenvalue weighted by Gasteiger charge is 2.23. The Kier molecular flexibility index (Phi) is 7.44. The fourth-order valence-corrected chi connectivity index (χ4v) is 4.30. The summed E-state index contributed by atoms with van der Waals surface area (Å²) in [6.07, 6.45) is 0.